The van der Waals surface area contributed by atoms with Gasteiger partial charge in [0.1, 0.15) is 0 Å². The van der Waals surface area contributed by atoms with E-state index in [2.05, 4.69) is 21.2 Å². The topological polar surface area (TPSA) is 89.9 Å². The Morgan fingerprint density at radius 2 is 2.11 bits per heavy atom. The van der Waals surface area contributed by atoms with Gasteiger partial charge in [-0.25, -0.2) is 9.59 Å². The first-order valence-corrected chi connectivity index (χ1v) is 6.33. The summed E-state index contributed by atoms with van der Waals surface area (Å²) >= 11 is 3.24. The van der Waals surface area contributed by atoms with E-state index in [1.807, 2.05) is 0 Å². The minimum atomic E-state index is -1.07. The van der Waals surface area contributed by atoms with Gasteiger partial charge in [-0.1, -0.05) is 0 Å². The lowest BCUT2D eigenvalue weighted by molar-refractivity contribution is 0.0697. The van der Waals surface area contributed by atoms with Crippen molar-refractivity contribution in [1.29, 1.82) is 0 Å². The molecule has 1 aromatic carbocycles. The van der Waals surface area contributed by atoms with Gasteiger partial charge in [0, 0.05) is 11.5 Å². The fourth-order valence-corrected chi connectivity index (χ4v) is 1.63. The molecule has 0 bridgehead atoms. The van der Waals surface area contributed by atoms with Crippen LogP contribution in [0.3, 0.4) is 0 Å². The number of aromatic carboxylic acids is 1. The number of anilines is 1. The molecule has 0 heterocycles. The zero-order chi connectivity index (χ0) is 14.6. The van der Waals surface area contributed by atoms with E-state index in [0.29, 0.717) is 10.2 Å². The molecule has 104 valence electrons. The molecule has 0 saturated heterocycles. The van der Waals surface area contributed by atoms with E-state index in [1.54, 1.807) is 20.0 Å². The van der Waals surface area contributed by atoms with Crippen molar-refractivity contribution in [2.45, 2.75) is 13.0 Å². The van der Waals surface area contributed by atoms with E-state index in [4.69, 9.17) is 10.2 Å². The van der Waals surface area contributed by atoms with Gasteiger partial charge >= 0.3 is 12.0 Å². The molecule has 1 atom stereocenters. The molecule has 0 fully saturated rings. The summed E-state index contributed by atoms with van der Waals surface area (Å²) in [5.41, 5.74) is 0.443. The molecule has 0 spiro atoms. The fourth-order valence-electron chi connectivity index (χ4n) is 1.28. The molecule has 3 N–H and O–H groups in total. The molecule has 0 radical (unpaired) electrons. The Morgan fingerprint density at radius 1 is 1.47 bits per heavy atom. The Morgan fingerprint density at radius 3 is 2.63 bits per heavy atom. The molecule has 0 saturated carbocycles. The van der Waals surface area contributed by atoms with Gasteiger partial charge in [-0.2, -0.15) is 0 Å². The first-order chi connectivity index (χ1) is 8.86. The molecule has 6 nitrogen and oxygen atoms in total. The third-order valence-corrected chi connectivity index (χ3v) is 3.39. The first-order valence-electron chi connectivity index (χ1n) is 5.54. The summed E-state index contributed by atoms with van der Waals surface area (Å²) < 4.78 is 0.580. The second kappa shape index (κ2) is 6.53. The molecule has 1 aromatic rings. The van der Waals surface area contributed by atoms with Gasteiger partial charge in [0.15, 0.2) is 0 Å². The Bertz CT molecular complexity index is 493. The van der Waals surface area contributed by atoms with Crippen molar-refractivity contribution in [3.8, 4) is 0 Å². The van der Waals surface area contributed by atoms with Crippen molar-refractivity contribution in [1.82, 2.24) is 4.90 Å². The SMILES string of the molecule is CC(CO)N(C)C(=O)Nc1cc(C(=O)O)ccc1Br. The number of nitrogens with one attached hydrogen (secondary N) is 1. The highest BCUT2D eigenvalue weighted by atomic mass is 79.9. The largest absolute Gasteiger partial charge is 0.478 e. The summed E-state index contributed by atoms with van der Waals surface area (Å²) in [5, 5.41) is 20.5. The average molecular weight is 331 g/mol. The van der Waals surface area contributed by atoms with Crippen LogP contribution in [-0.4, -0.2) is 46.8 Å². The Kier molecular flexibility index (Phi) is 5.31. The maximum atomic E-state index is 11.9. The highest BCUT2D eigenvalue weighted by Gasteiger charge is 2.16. The number of amides is 2. The zero-order valence-electron chi connectivity index (χ0n) is 10.6. The van der Waals surface area contributed by atoms with Crippen LogP contribution >= 0.6 is 15.9 Å². The molecule has 2 amide bonds. The summed E-state index contributed by atoms with van der Waals surface area (Å²) in [7, 11) is 1.55. The van der Waals surface area contributed by atoms with Gasteiger partial charge in [0.2, 0.25) is 0 Å². The van der Waals surface area contributed by atoms with E-state index >= 15 is 0 Å². The summed E-state index contributed by atoms with van der Waals surface area (Å²) in [5.74, 6) is -1.07. The lowest BCUT2D eigenvalue weighted by atomic mass is 10.2. The lowest BCUT2D eigenvalue weighted by Crippen LogP contribution is -2.40. The van der Waals surface area contributed by atoms with E-state index in [-0.39, 0.29) is 18.2 Å². The molecular formula is C12H15BrN2O4. The van der Waals surface area contributed by atoms with Crippen LogP contribution in [0.4, 0.5) is 10.5 Å². The minimum Gasteiger partial charge on any atom is -0.478 e. The van der Waals surface area contributed by atoms with Crippen molar-refractivity contribution in [3.05, 3.63) is 28.2 Å². The van der Waals surface area contributed by atoms with Crippen LogP contribution in [-0.2, 0) is 0 Å². The number of aliphatic hydroxyl groups is 1. The Labute approximate surface area is 119 Å². The van der Waals surface area contributed by atoms with Crippen LogP contribution in [0.25, 0.3) is 0 Å². The number of hydrogen-bond acceptors (Lipinski definition) is 3. The number of likely N-dealkylation sites (N-methyl/N-ethyl adjacent to an activating group) is 1. The summed E-state index contributed by atoms with van der Waals surface area (Å²) in [6.07, 6.45) is 0. The maximum absolute atomic E-state index is 11.9. The predicted octanol–water partition coefficient (Wildman–Crippen LogP) is 1.99. The van der Waals surface area contributed by atoms with Crippen molar-refractivity contribution < 1.29 is 19.8 Å². The average Bonchev–Trinajstić information content (AvgIpc) is 2.38. The van der Waals surface area contributed by atoms with Crippen LogP contribution in [0.5, 0.6) is 0 Å². The highest BCUT2D eigenvalue weighted by molar-refractivity contribution is 9.10. The van der Waals surface area contributed by atoms with Gasteiger partial charge in [-0.05, 0) is 41.1 Å². The van der Waals surface area contributed by atoms with Gasteiger partial charge in [0.25, 0.3) is 0 Å². The number of rotatable bonds is 4. The van der Waals surface area contributed by atoms with Crippen LogP contribution in [0.15, 0.2) is 22.7 Å². The second-order valence-corrected chi connectivity index (χ2v) is 4.93. The van der Waals surface area contributed by atoms with E-state index in [0.717, 1.165) is 0 Å². The molecule has 1 unspecified atom stereocenters. The van der Waals surface area contributed by atoms with Crippen LogP contribution < -0.4 is 5.32 Å². The van der Waals surface area contributed by atoms with Crippen LogP contribution in [0.2, 0.25) is 0 Å². The van der Waals surface area contributed by atoms with Gasteiger partial charge in [0.05, 0.1) is 23.9 Å². The molecule has 1 rings (SSSR count). The summed E-state index contributed by atoms with van der Waals surface area (Å²) in [6, 6.07) is 3.59. The van der Waals surface area contributed by atoms with Crippen molar-refractivity contribution >= 4 is 33.6 Å². The minimum absolute atomic E-state index is 0.0800. The first kappa shape index (κ1) is 15.5. The third-order valence-electron chi connectivity index (χ3n) is 2.70. The number of benzene rings is 1. The molecule has 0 aliphatic carbocycles. The highest BCUT2D eigenvalue weighted by Crippen LogP contribution is 2.24. The second-order valence-electron chi connectivity index (χ2n) is 4.07. The van der Waals surface area contributed by atoms with Crippen molar-refractivity contribution in [2.24, 2.45) is 0 Å². The number of aliphatic hydroxyl groups excluding tert-OH is 1. The fraction of sp³-hybridized carbons (Fsp3) is 0.333. The standard InChI is InChI=1S/C12H15BrN2O4/c1-7(6-16)15(2)12(19)14-10-5-8(11(17)18)3-4-9(10)13/h3-5,7,16H,6H2,1-2H3,(H,14,19)(H,17,18). The molecule has 0 aromatic heterocycles. The molecule has 19 heavy (non-hydrogen) atoms. The molecule has 0 aliphatic heterocycles. The van der Waals surface area contributed by atoms with Crippen LogP contribution in [0.1, 0.15) is 17.3 Å². The quantitative estimate of drug-likeness (QED) is 0.787. The van der Waals surface area contributed by atoms with Crippen LogP contribution in [0, 0.1) is 0 Å². The molecule has 7 heteroatoms. The number of carboxylic acid groups (broad SMARTS) is 1. The smallest absolute Gasteiger partial charge is 0.335 e. The number of carboxylic acids is 1. The number of hydrogen-bond donors (Lipinski definition) is 3. The maximum Gasteiger partial charge on any atom is 0.335 e. The normalized spacial score (nSPS) is 11.8. The number of halogens is 1. The van der Waals surface area contributed by atoms with Crippen molar-refractivity contribution in [3.63, 3.8) is 0 Å². The van der Waals surface area contributed by atoms with Crippen molar-refractivity contribution in [2.75, 3.05) is 19.0 Å². The third kappa shape index (κ3) is 3.93. The molecule has 0 aliphatic rings. The van der Waals surface area contributed by atoms with E-state index < -0.39 is 12.0 Å². The van der Waals surface area contributed by atoms with Gasteiger partial charge < -0.3 is 20.4 Å². The summed E-state index contributed by atoms with van der Waals surface area (Å²) in [6.45, 7) is 1.54. The number of carbonyl (C=O) groups excluding carboxylic acids is 1. The monoisotopic (exact) mass is 330 g/mol. The number of nitrogens with zero attached hydrogens (tertiary/aromatic N) is 1. The lowest BCUT2D eigenvalue weighted by Gasteiger charge is -2.23. The summed E-state index contributed by atoms with van der Waals surface area (Å²) in [4.78, 5) is 24.1. The Hall–Kier alpha value is -1.60. The Balaban J connectivity index is 2.90. The van der Waals surface area contributed by atoms with Gasteiger partial charge in [-0.15, -0.1) is 0 Å². The van der Waals surface area contributed by atoms with Gasteiger partial charge in [-0.3, -0.25) is 0 Å². The predicted molar refractivity (Wildman–Crippen MR) is 74.4 cm³/mol. The van der Waals surface area contributed by atoms with E-state index in [9.17, 15) is 9.59 Å². The number of urea groups is 1. The van der Waals surface area contributed by atoms with E-state index in [1.165, 1.54) is 17.0 Å². The number of carbonyl (C=O) groups is 2. The zero-order valence-corrected chi connectivity index (χ0v) is 12.1. The molecular weight excluding hydrogens is 316 g/mol.